The molecule has 3 rings (SSSR count). The van der Waals surface area contributed by atoms with Gasteiger partial charge in [-0.25, -0.2) is 9.24 Å². The van der Waals surface area contributed by atoms with E-state index in [4.69, 9.17) is 4.74 Å². The van der Waals surface area contributed by atoms with Gasteiger partial charge in [0, 0.05) is 54.3 Å². The molecule has 0 aliphatic carbocycles. The Balaban J connectivity index is 0.00000225. The molecule has 0 spiro atoms. The van der Waals surface area contributed by atoms with E-state index < -0.39 is 5.54 Å². The number of aromatic nitrogens is 4. The summed E-state index contributed by atoms with van der Waals surface area (Å²) >= 11 is 1.55. The first-order chi connectivity index (χ1) is 13.0. The van der Waals surface area contributed by atoms with Crippen LogP contribution in [0.2, 0.25) is 0 Å². The normalized spacial score (nSPS) is 12.0. The van der Waals surface area contributed by atoms with E-state index in [2.05, 4.69) is 79.8 Å². The third-order valence-corrected chi connectivity index (χ3v) is 5.54. The van der Waals surface area contributed by atoms with E-state index in [1.807, 2.05) is 24.4 Å². The van der Waals surface area contributed by atoms with Gasteiger partial charge >= 0.3 is 0 Å². The van der Waals surface area contributed by atoms with Crippen LogP contribution in [0.15, 0.2) is 29.2 Å². The second-order valence-corrected chi connectivity index (χ2v) is 9.77. The van der Waals surface area contributed by atoms with Crippen LogP contribution < -0.4 is 9.46 Å². The number of nitrogens with zero attached hydrogens (tertiary/aromatic N) is 3. The van der Waals surface area contributed by atoms with E-state index in [0.29, 0.717) is 0 Å². The van der Waals surface area contributed by atoms with Gasteiger partial charge in [-0.3, -0.25) is 5.10 Å². The maximum absolute atomic E-state index is 5.88. The minimum Gasteiger partial charge on any atom is -0.659 e. The zero-order valence-corrected chi connectivity index (χ0v) is 22.5. The van der Waals surface area contributed by atoms with Crippen LogP contribution in [0.25, 0.3) is 5.65 Å². The second kappa shape index (κ2) is 10.2. The van der Waals surface area contributed by atoms with Gasteiger partial charge in [0.25, 0.3) is 0 Å². The van der Waals surface area contributed by atoms with Gasteiger partial charge in [0.05, 0.1) is 10.4 Å². The van der Waals surface area contributed by atoms with Crippen molar-refractivity contribution in [2.75, 3.05) is 0 Å². The number of aromatic amines is 1. The van der Waals surface area contributed by atoms with Crippen LogP contribution in [0.3, 0.4) is 0 Å². The summed E-state index contributed by atoms with van der Waals surface area (Å²) in [7, 11) is 0. The Morgan fingerprint density at radius 1 is 1.07 bits per heavy atom. The van der Waals surface area contributed by atoms with Crippen molar-refractivity contribution in [2.45, 2.75) is 71.2 Å². The molecule has 0 aliphatic heterocycles. The van der Waals surface area contributed by atoms with Gasteiger partial charge < -0.3 is 4.74 Å². The first-order valence-electron chi connectivity index (χ1n) is 9.45. The zero-order valence-electron chi connectivity index (χ0n) is 18.9. The molecule has 2 aromatic heterocycles. The molecule has 2 radical (unpaired) electrons. The smallest absolute Gasteiger partial charge is 0.177 e. The minimum atomic E-state index is -0.421. The fourth-order valence-electron chi connectivity index (χ4n) is 2.80. The maximum atomic E-state index is 5.88. The molecule has 162 valence electrons. The van der Waals surface area contributed by atoms with E-state index in [-0.39, 0.29) is 42.5 Å². The molecule has 3 aromatic rings. The number of hydrogen-bond acceptors (Lipinski definition) is 5. The van der Waals surface area contributed by atoms with Crippen molar-refractivity contribution in [2.24, 2.45) is 0 Å². The maximum Gasteiger partial charge on any atom is 0.177 e. The van der Waals surface area contributed by atoms with Gasteiger partial charge in [-0.05, 0) is 50.4 Å². The summed E-state index contributed by atoms with van der Waals surface area (Å²) in [6, 6.07) is 8.25. The topological polar surface area (TPSA) is 67.2 Å². The predicted molar refractivity (Wildman–Crippen MR) is 114 cm³/mol. The van der Waals surface area contributed by atoms with Gasteiger partial charge in [-0.15, -0.1) is 10.2 Å². The molecule has 0 saturated heterocycles. The minimum absolute atomic E-state index is 0. The first-order valence-corrected chi connectivity index (χ1v) is 10.3. The van der Waals surface area contributed by atoms with Crippen molar-refractivity contribution in [3.8, 4) is 5.75 Å². The quantitative estimate of drug-likeness (QED) is 0.361. The summed E-state index contributed by atoms with van der Waals surface area (Å²) in [5.74, 6) is 1.68. The van der Waals surface area contributed by atoms with Crippen molar-refractivity contribution in [3.63, 3.8) is 0 Å². The number of fused-ring (bicyclic) bond motifs is 1. The largest absolute Gasteiger partial charge is 0.659 e. The summed E-state index contributed by atoms with van der Waals surface area (Å²) in [6.45, 7) is 16.7. The summed E-state index contributed by atoms with van der Waals surface area (Å²) in [6.07, 6.45) is 0.908. The van der Waals surface area contributed by atoms with Crippen LogP contribution in [-0.2, 0) is 48.1 Å². The fourth-order valence-corrected chi connectivity index (χ4v) is 3.71. The molecular weight excluding hydrogens is 472 g/mol. The molecule has 0 unspecified atom stereocenters. The molecule has 9 heteroatoms. The van der Waals surface area contributed by atoms with Crippen LogP contribution in [0.5, 0.6) is 5.75 Å². The molecule has 0 fully saturated rings. The number of benzene rings is 1. The summed E-state index contributed by atoms with van der Waals surface area (Å²) in [4.78, 5) is 1.04. The number of nitrogens with one attached hydrogen (secondary N) is 2. The number of ether oxygens (including phenoxy) is 1. The Labute approximate surface area is 207 Å². The molecule has 0 bridgehead atoms. The molecule has 6 nitrogen and oxygen atoms in total. The Bertz CT molecular complexity index is 976. The predicted octanol–water partition coefficient (Wildman–Crippen LogP) is 5.14. The number of H-pyrrole nitrogens is 1. The molecule has 0 aliphatic rings. The van der Waals surface area contributed by atoms with Crippen molar-refractivity contribution < 1.29 is 41.8 Å². The molecule has 2 N–H and O–H groups in total. The molecular formula is C21H30N5OSV2-. The third-order valence-electron chi connectivity index (χ3n) is 4.39. The Morgan fingerprint density at radius 3 is 2.33 bits per heavy atom. The third kappa shape index (κ3) is 6.12. The molecule has 2 heterocycles. The number of hydrogen-bond donors (Lipinski definition) is 2. The fraction of sp³-hybridized carbons (Fsp3) is 0.476. The monoisotopic (exact) mass is 502 g/mol. The van der Waals surface area contributed by atoms with Crippen LogP contribution in [0.4, 0.5) is 0 Å². The summed E-state index contributed by atoms with van der Waals surface area (Å²) in [5, 5.41) is 12.2. The van der Waals surface area contributed by atoms with Crippen LogP contribution in [0.1, 0.15) is 65.5 Å². The van der Waals surface area contributed by atoms with E-state index in [1.54, 1.807) is 11.9 Å². The number of aryl methyl sites for hydroxylation is 1. The van der Waals surface area contributed by atoms with E-state index >= 15 is 0 Å². The van der Waals surface area contributed by atoms with E-state index in [9.17, 15) is 0 Å². The van der Waals surface area contributed by atoms with Crippen molar-refractivity contribution in [1.82, 2.24) is 24.5 Å². The van der Waals surface area contributed by atoms with Gasteiger partial charge in [-0.1, -0.05) is 26.8 Å². The van der Waals surface area contributed by atoms with Gasteiger partial charge in [0.15, 0.2) is 11.5 Å². The first kappa shape index (κ1) is 27.2. The molecule has 30 heavy (non-hydrogen) atoms. The van der Waals surface area contributed by atoms with Crippen molar-refractivity contribution in [3.05, 3.63) is 47.5 Å². The SMILES string of the molecule is Cc1ccc(O[C-](C)C)c(SNC(C)(C)c2nnc3cc(C(C)(C)C)[nH]n23)c1.[V].[V]. The van der Waals surface area contributed by atoms with Gasteiger partial charge in [0.2, 0.25) is 0 Å². The Morgan fingerprint density at radius 2 is 1.73 bits per heavy atom. The van der Waals surface area contributed by atoms with Crippen LogP contribution in [0, 0.1) is 13.0 Å². The van der Waals surface area contributed by atoms with E-state index in [0.717, 1.165) is 33.9 Å². The van der Waals surface area contributed by atoms with Gasteiger partial charge in [0.1, 0.15) is 5.75 Å². The average molecular weight is 502 g/mol. The summed E-state index contributed by atoms with van der Waals surface area (Å²) in [5.41, 5.74) is 2.75. The van der Waals surface area contributed by atoms with Crippen LogP contribution >= 0.6 is 11.9 Å². The van der Waals surface area contributed by atoms with Crippen molar-refractivity contribution in [1.29, 1.82) is 0 Å². The Kier molecular flexibility index (Phi) is 9.25. The zero-order chi connectivity index (χ0) is 20.7. The van der Waals surface area contributed by atoms with E-state index in [1.165, 1.54) is 5.56 Å². The molecule has 1 aromatic carbocycles. The second-order valence-electron chi connectivity index (χ2n) is 8.93. The van der Waals surface area contributed by atoms with Crippen LogP contribution in [-0.4, -0.2) is 19.8 Å². The standard InChI is InChI=1S/C21H30N5OS.2V/c1-13(2)27-15-10-9-14(3)11-16(15)28-25-21(7,8)19-23-22-18-12-17(20(4,5)6)24-26(18)19;;/h9-12,24-25H,1-8H3;;/q-1;;. The number of rotatable bonds is 6. The molecule has 0 atom stereocenters. The molecule has 0 amide bonds. The molecule has 0 saturated carbocycles. The average Bonchev–Trinajstić information content (AvgIpc) is 3.14. The Hall–Kier alpha value is -0.821. The van der Waals surface area contributed by atoms with Crippen molar-refractivity contribution >= 4 is 17.6 Å². The van der Waals surface area contributed by atoms with Gasteiger partial charge in [-0.2, -0.15) is 20.0 Å². The summed E-state index contributed by atoms with van der Waals surface area (Å²) < 4.78 is 11.4.